The Hall–Kier alpha value is -3.69. The van der Waals surface area contributed by atoms with Gasteiger partial charge in [0.2, 0.25) is 0 Å². The topological polar surface area (TPSA) is 76.5 Å². The van der Waals surface area contributed by atoms with Crippen LogP contribution in [-0.2, 0) is 6.18 Å². The fraction of sp³-hybridized carbons (Fsp3) is 0.333. The van der Waals surface area contributed by atoms with Crippen LogP contribution in [0.4, 0.5) is 13.2 Å². The van der Waals surface area contributed by atoms with Crippen molar-refractivity contribution in [3.63, 3.8) is 0 Å². The summed E-state index contributed by atoms with van der Waals surface area (Å²) in [7, 11) is 0. The molecule has 4 aromatic rings. The number of benzene rings is 1. The summed E-state index contributed by atoms with van der Waals surface area (Å²) in [6.07, 6.45) is -2.11. The predicted molar refractivity (Wildman–Crippen MR) is 117 cm³/mol. The minimum atomic E-state index is -4.68. The van der Waals surface area contributed by atoms with E-state index in [1.54, 1.807) is 35.2 Å². The van der Waals surface area contributed by atoms with Gasteiger partial charge in [-0.3, -0.25) is 4.79 Å². The Balaban J connectivity index is 1.58. The number of rotatable bonds is 4. The summed E-state index contributed by atoms with van der Waals surface area (Å²) in [5, 5.41) is 7.97. The van der Waals surface area contributed by atoms with Crippen LogP contribution in [0.15, 0.2) is 53.2 Å². The van der Waals surface area contributed by atoms with Crippen LogP contribution in [0, 0.1) is 0 Å². The third kappa shape index (κ3) is 3.82. The van der Waals surface area contributed by atoms with Crippen LogP contribution in [0.3, 0.4) is 0 Å². The second kappa shape index (κ2) is 8.27. The van der Waals surface area contributed by atoms with Crippen LogP contribution < -0.4 is 0 Å². The number of likely N-dealkylation sites (tertiary alicyclic amines) is 1. The number of carbonyl (C=O) groups excluding carboxylic acids is 1. The lowest BCUT2D eigenvalue weighted by atomic mass is 10.1. The smallest absolute Gasteiger partial charge is 0.359 e. The van der Waals surface area contributed by atoms with E-state index in [4.69, 9.17) is 4.52 Å². The van der Waals surface area contributed by atoms with Crippen molar-refractivity contribution in [3.8, 4) is 11.3 Å². The molecule has 7 nitrogen and oxygen atoms in total. The molecule has 4 heterocycles. The summed E-state index contributed by atoms with van der Waals surface area (Å²) in [5.74, 6) is 0.301. The molecule has 34 heavy (non-hydrogen) atoms. The highest BCUT2D eigenvalue weighted by Crippen LogP contribution is 2.36. The maximum atomic E-state index is 13.9. The lowest BCUT2D eigenvalue weighted by molar-refractivity contribution is -0.142. The summed E-state index contributed by atoms with van der Waals surface area (Å²) in [4.78, 5) is 19.6. The molecule has 176 valence electrons. The van der Waals surface area contributed by atoms with E-state index >= 15 is 0 Å². The van der Waals surface area contributed by atoms with Gasteiger partial charge in [0.15, 0.2) is 17.1 Å². The number of hydrogen-bond acceptors (Lipinski definition) is 5. The van der Waals surface area contributed by atoms with Gasteiger partial charge in [0, 0.05) is 18.2 Å². The Morgan fingerprint density at radius 2 is 1.94 bits per heavy atom. The van der Waals surface area contributed by atoms with Gasteiger partial charge >= 0.3 is 6.18 Å². The van der Waals surface area contributed by atoms with Gasteiger partial charge in [-0.1, -0.05) is 49.3 Å². The van der Waals surface area contributed by atoms with Crippen molar-refractivity contribution < 1.29 is 22.5 Å². The first-order valence-corrected chi connectivity index (χ1v) is 11.0. The third-order valence-electron chi connectivity index (χ3n) is 6.04. The van der Waals surface area contributed by atoms with E-state index in [0.717, 1.165) is 24.4 Å². The van der Waals surface area contributed by atoms with Gasteiger partial charge < -0.3 is 9.42 Å². The molecule has 1 aliphatic rings. The average molecular weight is 469 g/mol. The maximum Gasteiger partial charge on any atom is 0.433 e. The lowest BCUT2D eigenvalue weighted by Crippen LogP contribution is -2.30. The highest BCUT2D eigenvalue weighted by molar-refractivity contribution is 6.00. The van der Waals surface area contributed by atoms with Crippen LogP contribution in [0.2, 0.25) is 0 Å². The Bertz CT molecular complexity index is 1340. The summed E-state index contributed by atoms with van der Waals surface area (Å²) < 4.78 is 47.8. The van der Waals surface area contributed by atoms with E-state index in [-0.39, 0.29) is 28.9 Å². The van der Waals surface area contributed by atoms with E-state index in [0.29, 0.717) is 28.8 Å². The molecule has 1 aromatic carbocycles. The first-order chi connectivity index (χ1) is 16.2. The molecule has 3 aromatic heterocycles. The van der Waals surface area contributed by atoms with Gasteiger partial charge in [0.05, 0.1) is 23.6 Å². The minimum Gasteiger partial charge on any atom is -0.359 e. The molecule has 1 amide bonds. The first-order valence-electron chi connectivity index (χ1n) is 11.0. The van der Waals surface area contributed by atoms with Gasteiger partial charge in [0.1, 0.15) is 5.56 Å². The largest absolute Gasteiger partial charge is 0.433 e. The van der Waals surface area contributed by atoms with Crippen LogP contribution in [0.1, 0.15) is 66.2 Å². The van der Waals surface area contributed by atoms with E-state index in [2.05, 4.69) is 15.2 Å². The Morgan fingerprint density at radius 1 is 1.18 bits per heavy atom. The number of alkyl halides is 3. The highest BCUT2D eigenvalue weighted by Gasteiger charge is 2.38. The fourth-order valence-electron chi connectivity index (χ4n) is 4.27. The molecule has 1 atom stereocenters. The van der Waals surface area contributed by atoms with Crippen molar-refractivity contribution in [1.29, 1.82) is 0 Å². The predicted octanol–water partition coefficient (Wildman–Crippen LogP) is 5.50. The van der Waals surface area contributed by atoms with Crippen molar-refractivity contribution >= 4 is 11.6 Å². The number of hydrogen-bond donors (Lipinski definition) is 0. The summed E-state index contributed by atoms with van der Waals surface area (Å²) in [6.45, 7) is 4.43. The Morgan fingerprint density at radius 3 is 2.62 bits per heavy atom. The molecule has 1 saturated heterocycles. The van der Waals surface area contributed by atoms with Gasteiger partial charge in [-0.25, -0.2) is 9.50 Å². The zero-order valence-corrected chi connectivity index (χ0v) is 18.6. The highest BCUT2D eigenvalue weighted by atomic mass is 19.4. The van der Waals surface area contributed by atoms with Gasteiger partial charge in [-0.15, -0.1) is 0 Å². The summed E-state index contributed by atoms with van der Waals surface area (Å²) in [5.41, 5.74) is 0.296. The normalized spacial score (nSPS) is 16.6. The molecule has 10 heteroatoms. The monoisotopic (exact) mass is 469 g/mol. The number of halogens is 3. The van der Waals surface area contributed by atoms with Crippen LogP contribution in [-0.4, -0.2) is 37.1 Å². The standard InChI is InChI=1S/C24H22F3N5O2/c1-14(2)17-11-20(34-30-17)19-9-6-10-31(19)23(33)16-13-28-32-21(24(25,26)27)12-18(29-22(16)32)15-7-4-3-5-8-15/h3-5,7-8,11-14,19H,6,9-10H2,1-2H3. The second-order valence-electron chi connectivity index (χ2n) is 8.65. The molecule has 0 bridgehead atoms. The fourth-order valence-corrected chi connectivity index (χ4v) is 4.27. The third-order valence-corrected chi connectivity index (χ3v) is 6.04. The van der Waals surface area contributed by atoms with Crippen molar-refractivity contribution in [3.05, 3.63) is 71.4 Å². The average Bonchev–Trinajstić information content (AvgIpc) is 3.56. The van der Waals surface area contributed by atoms with Gasteiger partial charge in [0.25, 0.3) is 5.91 Å². The summed E-state index contributed by atoms with van der Waals surface area (Å²) in [6, 6.07) is 11.0. The number of amides is 1. The van der Waals surface area contributed by atoms with Crippen LogP contribution >= 0.6 is 0 Å². The molecule has 0 N–H and O–H groups in total. The van der Waals surface area contributed by atoms with Crippen molar-refractivity contribution in [1.82, 2.24) is 24.7 Å². The molecule has 0 radical (unpaired) electrons. The van der Waals surface area contributed by atoms with E-state index < -0.39 is 17.8 Å². The number of fused-ring (bicyclic) bond motifs is 1. The zero-order valence-electron chi connectivity index (χ0n) is 18.6. The number of aromatic nitrogens is 4. The van der Waals surface area contributed by atoms with Crippen molar-refractivity contribution in [2.24, 2.45) is 0 Å². The van der Waals surface area contributed by atoms with E-state index in [1.807, 2.05) is 19.9 Å². The SMILES string of the molecule is CC(C)c1cc(C2CCCN2C(=O)c2cnn3c(C(F)(F)F)cc(-c4ccccc4)nc23)on1. The first kappa shape index (κ1) is 22.1. The molecule has 0 spiro atoms. The lowest BCUT2D eigenvalue weighted by Gasteiger charge is -2.22. The minimum absolute atomic E-state index is 0.0128. The molecule has 5 rings (SSSR count). The molecule has 0 saturated carbocycles. The quantitative estimate of drug-likeness (QED) is 0.394. The summed E-state index contributed by atoms with van der Waals surface area (Å²) >= 11 is 0. The zero-order chi connectivity index (χ0) is 24.0. The van der Waals surface area contributed by atoms with Crippen LogP contribution in [0.5, 0.6) is 0 Å². The molecule has 0 aliphatic carbocycles. The molecular formula is C24H22F3N5O2. The van der Waals surface area contributed by atoms with Crippen molar-refractivity contribution in [2.45, 2.75) is 44.8 Å². The Kier molecular flexibility index (Phi) is 5.38. The molecule has 1 unspecified atom stereocenters. The van der Waals surface area contributed by atoms with Crippen LogP contribution in [0.25, 0.3) is 16.9 Å². The maximum absolute atomic E-state index is 13.9. The van der Waals surface area contributed by atoms with E-state index in [1.165, 1.54) is 0 Å². The van der Waals surface area contributed by atoms with E-state index in [9.17, 15) is 18.0 Å². The molecular weight excluding hydrogens is 447 g/mol. The molecule has 1 aliphatic heterocycles. The van der Waals surface area contributed by atoms with Gasteiger partial charge in [-0.2, -0.15) is 18.3 Å². The van der Waals surface area contributed by atoms with Crippen molar-refractivity contribution in [2.75, 3.05) is 6.54 Å². The number of carbonyl (C=O) groups is 1. The second-order valence-corrected chi connectivity index (χ2v) is 8.65. The Labute approximate surface area is 193 Å². The number of nitrogens with zero attached hydrogens (tertiary/aromatic N) is 5. The molecule has 1 fully saturated rings. The van der Waals surface area contributed by atoms with Gasteiger partial charge in [-0.05, 0) is 24.8 Å².